The molecule has 0 aromatic heterocycles. The van der Waals surface area contributed by atoms with E-state index in [0.717, 1.165) is 0 Å². The van der Waals surface area contributed by atoms with Crippen molar-refractivity contribution < 1.29 is 19.4 Å². The second kappa shape index (κ2) is 6.30. The molecule has 1 heterocycles. The Balaban J connectivity index is 2.41. The van der Waals surface area contributed by atoms with Crippen LogP contribution in [0.2, 0.25) is 0 Å². The molecule has 0 aliphatic carbocycles. The van der Waals surface area contributed by atoms with Crippen LogP contribution >= 0.6 is 0 Å². The molecular formula is C15H18N2O4. The quantitative estimate of drug-likeness (QED) is 0.740. The van der Waals surface area contributed by atoms with Crippen LogP contribution in [-0.4, -0.2) is 23.7 Å². The number of ether oxygens (including phenoxy) is 1. The van der Waals surface area contributed by atoms with Gasteiger partial charge in [0.05, 0.1) is 18.2 Å². The van der Waals surface area contributed by atoms with E-state index in [0.29, 0.717) is 29.9 Å². The van der Waals surface area contributed by atoms with Crippen molar-refractivity contribution in [3.8, 4) is 5.75 Å². The van der Waals surface area contributed by atoms with Gasteiger partial charge < -0.3 is 20.5 Å². The Morgan fingerprint density at radius 1 is 1.38 bits per heavy atom. The number of aromatic hydroxyl groups is 1. The lowest BCUT2D eigenvalue weighted by Gasteiger charge is -2.28. The average molecular weight is 290 g/mol. The lowest BCUT2D eigenvalue weighted by Crippen LogP contribution is -2.45. The molecule has 1 aliphatic rings. The number of hydrogen-bond acceptors (Lipinski definition) is 4. The highest BCUT2D eigenvalue weighted by Gasteiger charge is 2.33. The zero-order chi connectivity index (χ0) is 15.4. The van der Waals surface area contributed by atoms with E-state index in [4.69, 9.17) is 4.74 Å². The van der Waals surface area contributed by atoms with Crippen molar-refractivity contribution in [3.05, 3.63) is 41.1 Å². The number of esters is 1. The van der Waals surface area contributed by atoms with Crippen LogP contribution in [0, 0.1) is 0 Å². The van der Waals surface area contributed by atoms with Crippen LogP contribution in [0.15, 0.2) is 35.5 Å². The minimum absolute atomic E-state index is 0.0123. The molecule has 1 aromatic rings. The Morgan fingerprint density at radius 3 is 2.76 bits per heavy atom. The second-order valence-corrected chi connectivity index (χ2v) is 4.76. The molecule has 3 N–H and O–H groups in total. The van der Waals surface area contributed by atoms with Gasteiger partial charge in [-0.15, -0.1) is 0 Å². The highest BCUT2D eigenvalue weighted by Crippen LogP contribution is 2.32. The van der Waals surface area contributed by atoms with Crippen molar-refractivity contribution in [2.45, 2.75) is 26.3 Å². The topological polar surface area (TPSA) is 87.7 Å². The summed E-state index contributed by atoms with van der Waals surface area (Å²) in [4.78, 5) is 23.9. The third kappa shape index (κ3) is 3.16. The van der Waals surface area contributed by atoms with Crippen LogP contribution in [0.5, 0.6) is 5.75 Å². The van der Waals surface area contributed by atoms with Gasteiger partial charge in [-0.1, -0.05) is 25.1 Å². The van der Waals surface area contributed by atoms with Crippen molar-refractivity contribution in [2.24, 2.45) is 0 Å². The van der Waals surface area contributed by atoms with Crippen LogP contribution < -0.4 is 10.6 Å². The third-order valence-corrected chi connectivity index (χ3v) is 3.17. The molecular weight excluding hydrogens is 272 g/mol. The SMILES string of the molecule is CCCOC(=O)C1=C(C)NC(=O)N[C@H]1c1ccccc1O. The summed E-state index contributed by atoms with van der Waals surface area (Å²) in [5, 5.41) is 15.2. The number of para-hydroxylation sites is 1. The Hall–Kier alpha value is -2.50. The van der Waals surface area contributed by atoms with Crippen molar-refractivity contribution in [1.29, 1.82) is 0 Å². The number of rotatable bonds is 4. The van der Waals surface area contributed by atoms with E-state index in [1.54, 1.807) is 25.1 Å². The summed E-state index contributed by atoms with van der Waals surface area (Å²) in [5.74, 6) is -0.492. The Labute approximate surface area is 122 Å². The van der Waals surface area contributed by atoms with E-state index >= 15 is 0 Å². The first-order valence-electron chi connectivity index (χ1n) is 6.78. The van der Waals surface area contributed by atoms with E-state index in [1.807, 2.05) is 6.92 Å². The van der Waals surface area contributed by atoms with Gasteiger partial charge in [0.15, 0.2) is 0 Å². The summed E-state index contributed by atoms with van der Waals surface area (Å²) < 4.78 is 5.16. The summed E-state index contributed by atoms with van der Waals surface area (Å²) >= 11 is 0. The molecule has 0 saturated heterocycles. The third-order valence-electron chi connectivity index (χ3n) is 3.17. The van der Waals surface area contributed by atoms with Crippen molar-refractivity contribution in [2.75, 3.05) is 6.61 Å². The van der Waals surface area contributed by atoms with Gasteiger partial charge in [-0.05, 0) is 19.4 Å². The molecule has 0 bridgehead atoms. The molecule has 2 rings (SSSR count). The van der Waals surface area contributed by atoms with Gasteiger partial charge >= 0.3 is 12.0 Å². The van der Waals surface area contributed by atoms with E-state index in [2.05, 4.69) is 10.6 Å². The Bertz CT molecular complexity index is 595. The minimum Gasteiger partial charge on any atom is -0.508 e. The van der Waals surface area contributed by atoms with E-state index in [9.17, 15) is 14.7 Å². The monoisotopic (exact) mass is 290 g/mol. The van der Waals surface area contributed by atoms with Crippen LogP contribution in [0.25, 0.3) is 0 Å². The molecule has 1 atom stereocenters. The minimum atomic E-state index is -0.732. The van der Waals surface area contributed by atoms with Crippen LogP contribution in [-0.2, 0) is 9.53 Å². The normalized spacial score (nSPS) is 18.0. The van der Waals surface area contributed by atoms with Crippen LogP contribution in [0.3, 0.4) is 0 Å². The molecule has 1 aromatic carbocycles. The highest BCUT2D eigenvalue weighted by atomic mass is 16.5. The maximum absolute atomic E-state index is 12.2. The summed E-state index contributed by atoms with van der Waals surface area (Å²) in [7, 11) is 0. The van der Waals surface area contributed by atoms with Crippen LogP contribution in [0.1, 0.15) is 31.9 Å². The zero-order valence-corrected chi connectivity index (χ0v) is 12.0. The summed E-state index contributed by atoms with van der Waals surface area (Å²) in [6.45, 7) is 3.83. The number of carbonyl (C=O) groups is 2. The molecule has 2 amide bonds. The number of amides is 2. The molecule has 21 heavy (non-hydrogen) atoms. The number of urea groups is 1. The number of phenolic OH excluding ortho intramolecular Hbond substituents is 1. The molecule has 0 radical (unpaired) electrons. The number of benzene rings is 1. The summed E-state index contributed by atoms with van der Waals surface area (Å²) in [6, 6.07) is 5.41. The second-order valence-electron chi connectivity index (χ2n) is 4.76. The highest BCUT2D eigenvalue weighted by molar-refractivity contribution is 5.95. The van der Waals surface area contributed by atoms with Gasteiger partial charge in [-0.3, -0.25) is 0 Å². The summed E-state index contributed by atoms with van der Waals surface area (Å²) in [6.07, 6.45) is 0.707. The van der Waals surface area contributed by atoms with Gasteiger partial charge in [-0.25, -0.2) is 9.59 Å². The number of nitrogens with one attached hydrogen (secondary N) is 2. The van der Waals surface area contributed by atoms with Gasteiger partial charge in [0.1, 0.15) is 5.75 Å². The predicted molar refractivity (Wildman–Crippen MR) is 76.5 cm³/mol. The van der Waals surface area contributed by atoms with E-state index in [-0.39, 0.29) is 5.75 Å². The molecule has 0 fully saturated rings. The molecule has 0 saturated carbocycles. The standard InChI is InChI=1S/C15H18N2O4/c1-3-8-21-14(19)12-9(2)16-15(20)17-13(12)10-6-4-5-7-11(10)18/h4-7,13,18H,3,8H2,1-2H3,(H2,16,17,20)/t13-/m0/s1. The van der Waals surface area contributed by atoms with Gasteiger partial charge in [0.2, 0.25) is 0 Å². The van der Waals surface area contributed by atoms with Crippen molar-refractivity contribution in [3.63, 3.8) is 0 Å². The number of phenols is 1. The maximum Gasteiger partial charge on any atom is 0.338 e. The fourth-order valence-electron chi connectivity index (χ4n) is 2.20. The maximum atomic E-state index is 12.2. The molecule has 1 aliphatic heterocycles. The Kier molecular flexibility index (Phi) is 4.47. The fourth-order valence-corrected chi connectivity index (χ4v) is 2.20. The van der Waals surface area contributed by atoms with Gasteiger partial charge in [0, 0.05) is 11.3 Å². The van der Waals surface area contributed by atoms with Crippen molar-refractivity contribution in [1.82, 2.24) is 10.6 Å². The van der Waals surface area contributed by atoms with Crippen LogP contribution in [0.4, 0.5) is 4.79 Å². The van der Waals surface area contributed by atoms with Gasteiger partial charge in [-0.2, -0.15) is 0 Å². The van der Waals surface area contributed by atoms with Gasteiger partial charge in [0.25, 0.3) is 0 Å². The zero-order valence-electron chi connectivity index (χ0n) is 12.0. The molecule has 112 valence electrons. The lowest BCUT2D eigenvalue weighted by atomic mass is 9.95. The molecule has 6 nitrogen and oxygen atoms in total. The predicted octanol–water partition coefficient (Wildman–Crippen LogP) is 1.97. The Morgan fingerprint density at radius 2 is 2.10 bits per heavy atom. The average Bonchev–Trinajstić information content (AvgIpc) is 2.44. The number of allylic oxidation sites excluding steroid dienone is 1. The first kappa shape index (κ1) is 14.9. The van der Waals surface area contributed by atoms with E-state index < -0.39 is 18.0 Å². The van der Waals surface area contributed by atoms with E-state index in [1.165, 1.54) is 6.07 Å². The molecule has 0 spiro atoms. The molecule has 0 unspecified atom stereocenters. The lowest BCUT2D eigenvalue weighted by molar-refractivity contribution is -0.139. The number of hydrogen-bond donors (Lipinski definition) is 3. The fraction of sp³-hybridized carbons (Fsp3) is 0.333. The first-order valence-corrected chi connectivity index (χ1v) is 6.78. The van der Waals surface area contributed by atoms with Crippen molar-refractivity contribution >= 4 is 12.0 Å². The molecule has 6 heteroatoms. The smallest absolute Gasteiger partial charge is 0.338 e. The first-order chi connectivity index (χ1) is 10.0. The largest absolute Gasteiger partial charge is 0.508 e. The number of carbonyl (C=O) groups excluding carboxylic acids is 2. The summed E-state index contributed by atoms with van der Waals surface area (Å²) in [5.41, 5.74) is 1.17.